The third-order valence-electron chi connectivity index (χ3n) is 3.10. The van der Waals surface area contributed by atoms with Gasteiger partial charge >= 0.3 is 0 Å². The maximum absolute atomic E-state index is 11.9. The molecule has 0 bridgehead atoms. The molecule has 19 heavy (non-hydrogen) atoms. The second-order valence-corrected chi connectivity index (χ2v) is 5.27. The van der Waals surface area contributed by atoms with E-state index in [1.165, 1.54) is 11.1 Å². The summed E-state index contributed by atoms with van der Waals surface area (Å²) in [7, 11) is 0. The van der Waals surface area contributed by atoms with Crippen LogP contribution in [0.25, 0.3) is 0 Å². The van der Waals surface area contributed by atoms with E-state index in [4.69, 9.17) is 11.6 Å². The third-order valence-corrected chi connectivity index (χ3v) is 3.34. The first-order valence-electron chi connectivity index (χ1n) is 6.45. The zero-order valence-electron chi connectivity index (χ0n) is 11.0. The number of carbonyl (C=O) groups is 1. The predicted octanol–water partition coefficient (Wildman–Crippen LogP) is 4.39. The van der Waals surface area contributed by atoms with Crippen molar-refractivity contribution in [2.75, 3.05) is 0 Å². The van der Waals surface area contributed by atoms with Crippen LogP contribution in [0.1, 0.15) is 23.1 Å². The van der Waals surface area contributed by atoms with Crippen LogP contribution in [0.4, 0.5) is 0 Å². The number of rotatable bonds is 5. The van der Waals surface area contributed by atoms with Crippen molar-refractivity contribution in [3.05, 3.63) is 70.2 Å². The van der Waals surface area contributed by atoms with Gasteiger partial charge in [-0.15, -0.1) is 0 Å². The summed E-state index contributed by atoms with van der Waals surface area (Å²) in [6.07, 6.45) is 1.85. The molecule has 2 aromatic carbocycles. The van der Waals surface area contributed by atoms with Crippen LogP contribution in [-0.2, 0) is 17.6 Å². The summed E-state index contributed by atoms with van der Waals surface area (Å²) in [5.74, 6) is 0.253. The summed E-state index contributed by atoms with van der Waals surface area (Å²) in [5.41, 5.74) is 3.44. The van der Waals surface area contributed by atoms with E-state index in [2.05, 4.69) is 31.2 Å². The van der Waals surface area contributed by atoms with Gasteiger partial charge in [-0.3, -0.25) is 4.79 Å². The molecule has 2 aromatic rings. The molecule has 98 valence electrons. The molecule has 1 nitrogen and oxygen atoms in total. The Kier molecular flexibility index (Phi) is 4.75. The molecule has 2 rings (SSSR count). The van der Waals surface area contributed by atoms with Crippen LogP contribution in [0.3, 0.4) is 0 Å². The highest BCUT2D eigenvalue weighted by atomic mass is 35.5. The Labute approximate surface area is 119 Å². The molecule has 0 unspecified atom stereocenters. The fourth-order valence-electron chi connectivity index (χ4n) is 2.00. The lowest BCUT2D eigenvalue weighted by molar-refractivity contribution is -0.118. The molecular weight excluding hydrogens is 256 g/mol. The highest BCUT2D eigenvalue weighted by Crippen LogP contribution is 2.13. The molecule has 0 N–H and O–H groups in total. The minimum atomic E-state index is 0.253. The Hall–Kier alpha value is -1.60. The molecule has 2 heteroatoms. The summed E-state index contributed by atoms with van der Waals surface area (Å²) >= 11 is 5.90. The lowest BCUT2D eigenvalue weighted by Gasteiger charge is -2.03. The second kappa shape index (κ2) is 6.53. The Morgan fingerprint density at radius 3 is 2.47 bits per heavy atom. The van der Waals surface area contributed by atoms with Gasteiger partial charge in [0, 0.05) is 17.9 Å². The van der Waals surface area contributed by atoms with Gasteiger partial charge in [-0.1, -0.05) is 53.6 Å². The largest absolute Gasteiger partial charge is 0.299 e. The van der Waals surface area contributed by atoms with E-state index in [-0.39, 0.29) is 5.78 Å². The first-order valence-corrected chi connectivity index (χ1v) is 6.83. The minimum Gasteiger partial charge on any atom is -0.299 e. The van der Waals surface area contributed by atoms with Crippen LogP contribution in [0.15, 0.2) is 48.5 Å². The zero-order valence-corrected chi connectivity index (χ0v) is 11.8. The maximum atomic E-state index is 11.9. The van der Waals surface area contributed by atoms with Gasteiger partial charge in [0.25, 0.3) is 0 Å². The van der Waals surface area contributed by atoms with Gasteiger partial charge in [0.1, 0.15) is 5.78 Å². The Bertz CT molecular complexity index is 558. The number of halogens is 1. The first kappa shape index (κ1) is 13.8. The van der Waals surface area contributed by atoms with Crippen LogP contribution < -0.4 is 0 Å². The van der Waals surface area contributed by atoms with Crippen molar-refractivity contribution in [3.63, 3.8) is 0 Å². The molecule has 0 saturated heterocycles. The fraction of sp³-hybridized carbons (Fsp3) is 0.235. The quantitative estimate of drug-likeness (QED) is 0.789. The number of hydrogen-bond acceptors (Lipinski definition) is 1. The lowest BCUT2D eigenvalue weighted by atomic mass is 10.0. The smallest absolute Gasteiger partial charge is 0.137 e. The molecule has 0 aliphatic carbocycles. The van der Waals surface area contributed by atoms with Crippen molar-refractivity contribution in [3.8, 4) is 0 Å². The van der Waals surface area contributed by atoms with Crippen molar-refractivity contribution in [2.45, 2.75) is 26.2 Å². The lowest BCUT2D eigenvalue weighted by Crippen LogP contribution is -2.04. The van der Waals surface area contributed by atoms with Crippen LogP contribution >= 0.6 is 11.6 Å². The fourth-order valence-corrected chi connectivity index (χ4v) is 2.21. The third kappa shape index (κ3) is 4.53. The van der Waals surface area contributed by atoms with Gasteiger partial charge in [-0.2, -0.15) is 0 Å². The van der Waals surface area contributed by atoms with Crippen molar-refractivity contribution in [2.24, 2.45) is 0 Å². The van der Waals surface area contributed by atoms with Gasteiger partial charge in [-0.25, -0.2) is 0 Å². The summed E-state index contributed by atoms with van der Waals surface area (Å²) < 4.78 is 0. The molecule has 0 spiro atoms. The standard InChI is InChI=1S/C17H17ClO/c1-13-5-7-14(8-6-13)9-10-17(19)12-15-3-2-4-16(18)11-15/h2-8,11H,9-10,12H2,1H3. The van der Waals surface area contributed by atoms with E-state index >= 15 is 0 Å². The first-order chi connectivity index (χ1) is 9.13. The van der Waals surface area contributed by atoms with Crippen molar-refractivity contribution in [1.29, 1.82) is 0 Å². The molecule has 0 heterocycles. The van der Waals surface area contributed by atoms with Gasteiger partial charge in [0.15, 0.2) is 0 Å². The topological polar surface area (TPSA) is 17.1 Å². The average Bonchev–Trinajstić information content (AvgIpc) is 2.38. The molecule has 0 aromatic heterocycles. The predicted molar refractivity (Wildman–Crippen MR) is 79.7 cm³/mol. The van der Waals surface area contributed by atoms with E-state index in [1.807, 2.05) is 24.3 Å². The summed E-state index contributed by atoms with van der Waals surface area (Å²) in [6.45, 7) is 2.06. The van der Waals surface area contributed by atoms with E-state index in [9.17, 15) is 4.79 Å². The monoisotopic (exact) mass is 272 g/mol. The number of ketones is 1. The summed E-state index contributed by atoms with van der Waals surface area (Å²) in [6, 6.07) is 15.8. The van der Waals surface area contributed by atoms with Crippen LogP contribution in [-0.4, -0.2) is 5.78 Å². The van der Waals surface area contributed by atoms with Crippen LogP contribution in [0, 0.1) is 6.92 Å². The number of Topliss-reactive ketones (excluding diaryl/α,β-unsaturated/α-hetero) is 1. The van der Waals surface area contributed by atoms with E-state index in [1.54, 1.807) is 0 Å². The van der Waals surface area contributed by atoms with E-state index in [0.717, 1.165) is 12.0 Å². The highest BCUT2D eigenvalue weighted by molar-refractivity contribution is 6.30. The van der Waals surface area contributed by atoms with Gasteiger partial charge in [-0.05, 0) is 36.6 Å². The molecule has 0 amide bonds. The maximum Gasteiger partial charge on any atom is 0.137 e. The zero-order chi connectivity index (χ0) is 13.7. The normalized spacial score (nSPS) is 10.4. The number of hydrogen-bond donors (Lipinski definition) is 0. The Morgan fingerprint density at radius 2 is 1.79 bits per heavy atom. The summed E-state index contributed by atoms with van der Waals surface area (Å²) in [5, 5.41) is 0.684. The molecule has 0 saturated carbocycles. The SMILES string of the molecule is Cc1ccc(CCC(=O)Cc2cccc(Cl)c2)cc1. The van der Waals surface area contributed by atoms with E-state index < -0.39 is 0 Å². The van der Waals surface area contributed by atoms with Gasteiger partial charge in [0.2, 0.25) is 0 Å². The minimum absolute atomic E-state index is 0.253. The van der Waals surface area contributed by atoms with Crippen molar-refractivity contribution < 1.29 is 4.79 Å². The van der Waals surface area contributed by atoms with Crippen LogP contribution in [0.2, 0.25) is 5.02 Å². The second-order valence-electron chi connectivity index (χ2n) is 4.83. The highest BCUT2D eigenvalue weighted by Gasteiger charge is 2.05. The Balaban J connectivity index is 1.86. The molecule has 0 fully saturated rings. The number of carbonyl (C=O) groups excluding carboxylic acids is 1. The van der Waals surface area contributed by atoms with Crippen molar-refractivity contribution in [1.82, 2.24) is 0 Å². The molecule has 0 aliphatic rings. The molecule has 0 aliphatic heterocycles. The van der Waals surface area contributed by atoms with Crippen molar-refractivity contribution >= 4 is 17.4 Å². The molecule has 0 atom stereocenters. The number of aryl methyl sites for hydroxylation is 2. The van der Waals surface area contributed by atoms with E-state index in [0.29, 0.717) is 17.9 Å². The molecule has 0 radical (unpaired) electrons. The molecular formula is C17H17ClO. The van der Waals surface area contributed by atoms with Gasteiger partial charge in [0.05, 0.1) is 0 Å². The van der Waals surface area contributed by atoms with Crippen LogP contribution in [0.5, 0.6) is 0 Å². The number of benzene rings is 2. The van der Waals surface area contributed by atoms with Gasteiger partial charge < -0.3 is 0 Å². The average molecular weight is 273 g/mol. The summed E-state index contributed by atoms with van der Waals surface area (Å²) in [4.78, 5) is 11.9. The Morgan fingerprint density at radius 1 is 1.05 bits per heavy atom.